The highest BCUT2D eigenvalue weighted by molar-refractivity contribution is 7.24. The molecule has 7 aromatic carbocycles. The molecule has 0 atom stereocenters. The predicted molar refractivity (Wildman–Crippen MR) is 263 cm³/mol. The molecule has 0 aliphatic carbocycles. The van der Waals surface area contributed by atoms with E-state index in [1.54, 1.807) is 11.3 Å². The Morgan fingerprint density at radius 1 is 0.381 bits per heavy atom. The molecule has 0 aliphatic rings. The number of aromatic nitrogens is 5. The van der Waals surface area contributed by atoms with Gasteiger partial charge in [0.15, 0.2) is 0 Å². The molecule has 0 bridgehead atoms. The Morgan fingerprint density at radius 2 is 0.889 bits per heavy atom. The molecule has 0 N–H and O–H groups in total. The van der Waals surface area contributed by atoms with Crippen LogP contribution in [0.3, 0.4) is 0 Å². The molecule has 0 saturated carbocycles. The highest BCUT2D eigenvalue weighted by atomic mass is 32.1. The predicted octanol–water partition coefficient (Wildman–Crippen LogP) is 15.1. The monoisotopic (exact) mass is 821 g/mol. The number of hydrogen-bond donors (Lipinski definition) is 0. The summed E-state index contributed by atoms with van der Waals surface area (Å²) in [6, 6.07) is 67.7. The summed E-state index contributed by atoms with van der Waals surface area (Å²) in [6.45, 7) is 0. The van der Waals surface area contributed by atoms with Crippen LogP contribution in [-0.4, -0.2) is 24.1 Å². The van der Waals surface area contributed by atoms with Gasteiger partial charge in [0, 0.05) is 100 Å². The van der Waals surface area contributed by atoms with Gasteiger partial charge in [0.05, 0.1) is 33.3 Å². The van der Waals surface area contributed by atoms with Crippen molar-refractivity contribution in [1.29, 1.82) is 0 Å². The minimum absolute atomic E-state index is 0.941. The number of fused-ring (bicyclic) bond motifs is 9. The molecule has 6 heterocycles. The zero-order valence-corrected chi connectivity index (χ0v) is 34.7. The average molecular weight is 822 g/mol. The van der Waals surface area contributed by atoms with Gasteiger partial charge in [-0.3, -0.25) is 9.97 Å². The third-order valence-corrected chi connectivity index (χ3v) is 13.7. The summed E-state index contributed by atoms with van der Waals surface area (Å²) < 4.78 is 6.04. The number of thiophene rings is 1. The Labute approximate surface area is 366 Å². The van der Waals surface area contributed by atoms with Gasteiger partial charge >= 0.3 is 0 Å². The number of pyridine rings is 3. The molecule has 0 unspecified atom stereocenters. The molecule has 0 spiro atoms. The summed E-state index contributed by atoms with van der Waals surface area (Å²) in [5.74, 6) is 0. The van der Waals surface area contributed by atoms with Gasteiger partial charge in [-0.25, -0.2) is 4.98 Å². The maximum absolute atomic E-state index is 5.62. The van der Waals surface area contributed by atoms with Gasteiger partial charge in [0.2, 0.25) is 0 Å². The zero-order valence-electron chi connectivity index (χ0n) is 33.9. The summed E-state index contributed by atoms with van der Waals surface area (Å²) in [5, 5.41) is 7.17. The number of para-hydroxylation sites is 4. The Hall–Kier alpha value is -8.19. The van der Waals surface area contributed by atoms with E-state index in [-0.39, 0.29) is 0 Å². The van der Waals surface area contributed by atoms with E-state index in [4.69, 9.17) is 4.98 Å². The van der Waals surface area contributed by atoms with Crippen molar-refractivity contribution in [3.05, 3.63) is 213 Å². The molecule has 6 aromatic heterocycles. The van der Waals surface area contributed by atoms with Crippen LogP contribution in [0.1, 0.15) is 0 Å². The lowest BCUT2D eigenvalue weighted by Gasteiger charge is -2.16. The smallest absolute Gasteiger partial charge is 0.0803 e. The maximum atomic E-state index is 5.62. The van der Waals surface area contributed by atoms with Crippen LogP contribution in [0.25, 0.3) is 120 Å². The van der Waals surface area contributed by atoms with E-state index in [1.165, 1.54) is 48.3 Å². The molecular formula is C57H35N5S. The van der Waals surface area contributed by atoms with Crippen molar-refractivity contribution in [2.45, 2.75) is 0 Å². The van der Waals surface area contributed by atoms with Crippen LogP contribution in [0.15, 0.2) is 213 Å². The first-order valence-corrected chi connectivity index (χ1v) is 22.0. The number of nitrogens with zero attached hydrogens (tertiary/aromatic N) is 5. The third kappa shape index (κ3) is 5.59. The molecular weight excluding hydrogens is 787 g/mol. The van der Waals surface area contributed by atoms with Crippen LogP contribution in [0.5, 0.6) is 0 Å². The lowest BCUT2D eigenvalue weighted by Crippen LogP contribution is -2.00. The topological polar surface area (TPSA) is 48.5 Å². The quantitative estimate of drug-likeness (QED) is 0.168. The van der Waals surface area contributed by atoms with E-state index in [1.807, 2.05) is 36.9 Å². The first kappa shape index (κ1) is 35.6. The van der Waals surface area contributed by atoms with Crippen molar-refractivity contribution in [1.82, 2.24) is 24.1 Å². The fraction of sp³-hybridized carbons (Fsp3) is 0. The minimum Gasteiger partial charge on any atom is -0.309 e. The summed E-state index contributed by atoms with van der Waals surface area (Å²) in [5.41, 5.74) is 15.3. The summed E-state index contributed by atoms with van der Waals surface area (Å²) >= 11 is 1.80. The van der Waals surface area contributed by atoms with Crippen molar-refractivity contribution in [3.63, 3.8) is 0 Å². The molecule has 0 saturated heterocycles. The molecule has 0 fully saturated rings. The van der Waals surface area contributed by atoms with E-state index in [2.05, 4.69) is 195 Å². The van der Waals surface area contributed by atoms with E-state index in [0.29, 0.717) is 0 Å². The van der Waals surface area contributed by atoms with Crippen molar-refractivity contribution in [2.24, 2.45) is 0 Å². The van der Waals surface area contributed by atoms with E-state index < -0.39 is 0 Å². The molecule has 0 amide bonds. The second kappa shape index (κ2) is 14.2. The molecule has 0 aliphatic heterocycles. The van der Waals surface area contributed by atoms with Gasteiger partial charge in [-0.1, -0.05) is 127 Å². The molecule has 13 aromatic rings. The number of hydrogen-bond acceptors (Lipinski definition) is 4. The Morgan fingerprint density at radius 3 is 1.43 bits per heavy atom. The summed E-state index contributed by atoms with van der Waals surface area (Å²) in [7, 11) is 0. The van der Waals surface area contributed by atoms with Crippen molar-refractivity contribution < 1.29 is 0 Å². The van der Waals surface area contributed by atoms with E-state index in [0.717, 1.165) is 71.6 Å². The first-order valence-electron chi connectivity index (χ1n) is 21.2. The zero-order chi connectivity index (χ0) is 41.4. The number of rotatable bonds is 6. The Kier molecular flexibility index (Phi) is 8.01. The fourth-order valence-electron chi connectivity index (χ4n) is 9.73. The van der Waals surface area contributed by atoms with Gasteiger partial charge in [-0.05, 0) is 71.8 Å². The van der Waals surface area contributed by atoms with Crippen LogP contribution < -0.4 is 0 Å². The summed E-state index contributed by atoms with van der Waals surface area (Å²) in [6.07, 6.45) is 7.58. The van der Waals surface area contributed by atoms with Crippen molar-refractivity contribution in [2.75, 3.05) is 0 Å². The Balaban J connectivity index is 1.11. The first-order chi connectivity index (χ1) is 31.3. The van der Waals surface area contributed by atoms with Crippen LogP contribution in [0, 0.1) is 0 Å². The van der Waals surface area contributed by atoms with E-state index >= 15 is 0 Å². The third-order valence-electron chi connectivity index (χ3n) is 12.5. The molecule has 63 heavy (non-hydrogen) atoms. The SMILES string of the molecule is c1ccc(-c2nc3cc(-c4cc(-n5c6ccccc6c6ccccc65)cc(-n5c6ccccc6c6ccccc65)c4)ccc3c3sc(-c4cccnc4)c(-c4cccnc4)c23)cc1. The van der Waals surface area contributed by atoms with E-state index in [9.17, 15) is 0 Å². The standard InChI is InChI=1S/C57H35N5S/c1-2-14-36(15-3-1)55-54-53(38-16-12-28-58-34-38)56(39-17-13-29-59-35-39)63-57(54)47-27-26-37(32-48(47)60-55)40-30-41(61-49-22-8-4-18-43(49)44-19-5-9-23-50(44)61)33-42(31-40)62-51-24-10-6-20-45(51)46-21-7-11-25-52(46)62/h1-35H. The average Bonchev–Trinajstić information content (AvgIpc) is 4.03. The minimum atomic E-state index is 0.941. The summed E-state index contributed by atoms with van der Waals surface area (Å²) in [4.78, 5) is 15.9. The fourth-order valence-corrected chi connectivity index (χ4v) is 11.1. The Bertz CT molecular complexity index is 3660. The highest BCUT2D eigenvalue weighted by Gasteiger charge is 2.24. The van der Waals surface area contributed by atoms with Gasteiger partial charge in [0.25, 0.3) is 0 Å². The molecule has 294 valence electrons. The van der Waals surface area contributed by atoms with Crippen molar-refractivity contribution >= 4 is 75.9 Å². The lowest BCUT2D eigenvalue weighted by atomic mass is 9.95. The molecule has 13 rings (SSSR count). The van der Waals surface area contributed by atoms with Crippen LogP contribution in [0.4, 0.5) is 0 Å². The lowest BCUT2D eigenvalue weighted by molar-refractivity contribution is 1.13. The largest absolute Gasteiger partial charge is 0.309 e. The molecule has 6 heteroatoms. The van der Waals surface area contributed by atoms with Crippen LogP contribution >= 0.6 is 11.3 Å². The normalized spacial score (nSPS) is 11.8. The maximum Gasteiger partial charge on any atom is 0.0803 e. The highest BCUT2D eigenvalue weighted by Crippen LogP contribution is 2.50. The number of benzene rings is 7. The van der Waals surface area contributed by atoms with Crippen LogP contribution in [-0.2, 0) is 0 Å². The second-order valence-electron chi connectivity index (χ2n) is 16.0. The second-order valence-corrected chi connectivity index (χ2v) is 17.1. The van der Waals surface area contributed by atoms with Gasteiger partial charge in [0.1, 0.15) is 0 Å². The van der Waals surface area contributed by atoms with Gasteiger partial charge < -0.3 is 9.13 Å². The van der Waals surface area contributed by atoms with Crippen LogP contribution in [0.2, 0.25) is 0 Å². The van der Waals surface area contributed by atoms with Gasteiger partial charge in [-0.2, -0.15) is 0 Å². The molecule has 5 nitrogen and oxygen atoms in total. The van der Waals surface area contributed by atoms with Gasteiger partial charge in [-0.15, -0.1) is 11.3 Å². The van der Waals surface area contributed by atoms with Crippen molar-refractivity contribution in [3.8, 4) is 55.3 Å². The molecule has 0 radical (unpaired) electrons.